The molecule has 0 amide bonds. The number of allylic oxidation sites excluding steroid dienone is 2. The van der Waals surface area contributed by atoms with Gasteiger partial charge in [-0.15, -0.1) is 0 Å². The highest BCUT2D eigenvalue weighted by Gasteiger charge is 2.37. The molecule has 0 bridgehead atoms. The van der Waals surface area contributed by atoms with Gasteiger partial charge in [0.15, 0.2) is 0 Å². The molecular formula is C22H42N2. The van der Waals surface area contributed by atoms with Crippen molar-refractivity contribution in [2.75, 3.05) is 0 Å². The summed E-state index contributed by atoms with van der Waals surface area (Å²) in [5, 5.41) is 9.63. The van der Waals surface area contributed by atoms with E-state index in [1.807, 2.05) is 13.8 Å². The molecule has 0 saturated carbocycles. The van der Waals surface area contributed by atoms with Gasteiger partial charge in [0.05, 0.1) is 12.0 Å². The van der Waals surface area contributed by atoms with Gasteiger partial charge in [0, 0.05) is 5.54 Å². The average Bonchev–Trinajstić information content (AvgIpc) is 2.39. The fraction of sp³-hybridized carbons (Fsp3) is 0.864. The van der Waals surface area contributed by atoms with Crippen LogP contribution < -0.4 is 5.73 Å². The first-order chi connectivity index (χ1) is 10.6. The van der Waals surface area contributed by atoms with E-state index >= 15 is 0 Å². The van der Waals surface area contributed by atoms with Crippen molar-refractivity contribution >= 4 is 0 Å². The Morgan fingerprint density at radius 1 is 0.917 bits per heavy atom. The van der Waals surface area contributed by atoms with Gasteiger partial charge in [0.2, 0.25) is 0 Å². The summed E-state index contributed by atoms with van der Waals surface area (Å²) in [6, 6.07) is 2.52. The van der Waals surface area contributed by atoms with Crippen LogP contribution in [-0.2, 0) is 0 Å². The van der Waals surface area contributed by atoms with Crippen LogP contribution in [0.4, 0.5) is 0 Å². The Hall–Kier alpha value is -0.810. The molecule has 0 spiro atoms. The molecule has 0 fully saturated rings. The highest BCUT2D eigenvalue weighted by atomic mass is 14.7. The van der Waals surface area contributed by atoms with E-state index in [1.54, 1.807) is 0 Å². The standard InChI is InChI=1S/C22H42N2/c1-10-19(2,3)13-11-12-14-20(4,5)17-21(6,7)18(16-23)15-22(8,9)24/h11-12,18H,10,13-15,17,24H2,1-9H3/b12-11+. The molecule has 0 aliphatic carbocycles. The molecule has 2 nitrogen and oxygen atoms in total. The minimum absolute atomic E-state index is 0.0141. The van der Waals surface area contributed by atoms with Gasteiger partial charge in [-0.2, -0.15) is 5.26 Å². The van der Waals surface area contributed by atoms with E-state index in [-0.39, 0.29) is 22.3 Å². The fourth-order valence-electron chi connectivity index (χ4n) is 3.40. The Morgan fingerprint density at radius 3 is 1.75 bits per heavy atom. The van der Waals surface area contributed by atoms with Crippen LogP contribution in [0, 0.1) is 33.5 Å². The molecule has 0 aromatic rings. The third kappa shape index (κ3) is 9.48. The molecule has 2 heteroatoms. The summed E-state index contributed by atoms with van der Waals surface area (Å²) in [5.74, 6) is -0.0141. The van der Waals surface area contributed by atoms with Crippen molar-refractivity contribution in [3.63, 3.8) is 0 Å². The van der Waals surface area contributed by atoms with Gasteiger partial charge in [-0.1, -0.05) is 67.0 Å². The van der Waals surface area contributed by atoms with Crippen LogP contribution in [0.2, 0.25) is 0 Å². The van der Waals surface area contributed by atoms with Crippen LogP contribution in [0.3, 0.4) is 0 Å². The van der Waals surface area contributed by atoms with Gasteiger partial charge in [-0.25, -0.2) is 0 Å². The van der Waals surface area contributed by atoms with E-state index in [4.69, 9.17) is 5.73 Å². The smallest absolute Gasteiger partial charge is 0.0662 e. The highest BCUT2D eigenvalue weighted by molar-refractivity contribution is 5.00. The second kappa shape index (κ2) is 8.52. The largest absolute Gasteiger partial charge is 0.326 e. The van der Waals surface area contributed by atoms with E-state index < -0.39 is 0 Å². The van der Waals surface area contributed by atoms with Crippen molar-refractivity contribution in [1.29, 1.82) is 5.26 Å². The van der Waals surface area contributed by atoms with E-state index in [1.165, 1.54) is 6.42 Å². The molecule has 0 radical (unpaired) electrons. The summed E-state index contributed by atoms with van der Waals surface area (Å²) in [5.41, 5.74) is 6.40. The second-order valence-corrected chi connectivity index (χ2v) is 10.6. The first-order valence-electron chi connectivity index (χ1n) is 9.48. The first-order valence-corrected chi connectivity index (χ1v) is 9.48. The normalized spacial score (nSPS) is 15.5. The van der Waals surface area contributed by atoms with Crippen molar-refractivity contribution in [2.24, 2.45) is 27.9 Å². The summed E-state index contributed by atoms with van der Waals surface area (Å²) in [6.07, 6.45) is 9.83. The SMILES string of the molecule is CCC(C)(C)C/C=C/CC(C)(C)CC(C)(C)C(C#N)CC(C)(C)N. The molecule has 0 aromatic heterocycles. The van der Waals surface area contributed by atoms with Crippen molar-refractivity contribution in [1.82, 2.24) is 0 Å². The zero-order valence-corrected chi connectivity index (χ0v) is 17.8. The maximum atomic E-state index is 9.63. The van der Waals surface area contributed by atoms with Crippen LogP contribution >= 0.6 is 0 Å². The maximum Gasteiger partial charge on any atom is 0.0662 e. The van der Waals surface area contributed by atoms with Crippen LogP contribution in [0.25, 0.3) is 0 Å². The molecule has 0 heterocycles. The lowest BCUT2D eigenvalue weighted by Gasteiger charge is -2.39. The quantitative estimate of drug-likeness (QED) is 0.465. The molecule has 24 heavy (non-hydrogen) atoms. The summed E-state index contributed by atoms with van der Waals surface area (Å²) in [6.45, 7) is 20.0. The zero-order chi connectivity index (χ0) is 19.2. The van der Waals surface area contributed by atoms with Crippen molar-refractivity contribution in [3.05, 3.63) is 12.2 Å². The molecular weight excluding hydrogens is 292 g/mol. The number of hydrogen-bond acceptors (Lipinski definition) is 2. The molecule has 2 N–H and O–H groups in total. The van der Waals surface area contributed by atoms with Crippen LogP contribution in [0.1, 0.15) is 94.4 Å². The minimum atomic E-state index is -0.298. The lowest BCUT2D eigenvalue weighted by molar-refractivity contribution is 0.132. The van der Waals surface area contributed by atoms with Crippen molar-refractivity contribution in [3.8, 4) is 6.07 Å². The lowest BCUT2D eigenvalue weighted by Crippen LogP contribution is -2.39. The summed E-state index contributed by atoms with van der Waals surface area (Å²) in [4.78, 5) is 0. The summed E-state index contributed by atoms with van der Waals surface area (Å²) < 4.78 is 0. The summed E-state index contributed by atoms with van der Waals surface area (Å²) >= 11 is 0. The minimum Gasteiger partial charge on any atom is -0.326 e. The van der Waals surface area contributed by atoms with Gasteiger partial charge in [-0.05, 0) is 55.8 Å². The number of nitrogens with two attached hydrogens (primary N) is 1. The Bertz CT molecular complexity index is 442. The van der Waals surface area contributed by atoms with Crippen molar-refractivity contribution in [2.45, 2.75) is 100.0 Å². The maximum absolute atomic E-state index is 9.63. The molecule has 0 rings (SSSR count). The fourth-order valence-corrected chi connectivity index (χ4v) is 3.40. The number of hydrogen-bond donors (Lipinski definition) is 1. The molecule has 140 valence electrons. The van der Waals surface area contributed by atoms with Gasteiger partial charge in [-0.3, -0.25) is 0 Å². The van der Waals surface area contributed by atoms with Gasteiger partial charge in [0.25, 0.3) is 0 Å². The van der Waals surface area contributed by atoms with Crippen LogP contribution in [0.5, 0.6) is 0 Å². The zero-order valence-electron chi connectivity index (χ0n) is 17.8. The number of nitriles is 1. The predicted molar refractivity (Wildman–Crippen MR) is 107 cm³/mol. The van der Waals surface area contributed by atoms with Crippen molar-refractivity contribution < 1.29 is 0 Å². The average molecular weight is 335 g/mol. The van der Waals surface area contributed by atoms with E-state index in [9.17, 15) is 5.26 Å². The predicted octanol–water partition coefficient (Wildman–Crippen LogP) is 6.47. The monoisotopic (exact) mass is 334 g/mol. The highest BCUT2D eigenvalue weighted by Crippen LogP contribution is 2.43. The molecule has 0 saturated heterocycles. The lowest BCUT2D eigenvalue weighted by atomic mass is 9.65. The van der Waals surface area contributed by atoms with E-state index in [2.05, 4.69) is 66.7 Å². The van der Waals surface area contributed by atoms with Gasteiger partial charge >= 0.3 is 0 Å². The molecule has 0 aliphatic rings. The topological polar surface area (TPSA) is 49.8 Å². The third-order valence-electron chi connectivity index (χ3n) is 5.23. The molecule has 0 aliphatic heterocycles. The van der Waals surface area contributed by atoms with Gasteiger partial charge < -0.3 is 5.73 Å². The van der Waals surface area contributed by atoms with E-state index in [0.717, 1.165) is 25.7 Å². The Morgan fingerprint density at radius 2 is 1.38 bits per heavy atom. The van der Waals surface area contributed by atoms with Crippen LogP contribution in [0.15, 0.2) is 12.2 Å². The summed E-state index contributed by atoms with van der Waals surface area (Å²) in [7, 11) is 0. The molecule has 1 unspecified atom stereocenters. The number of rotatable bonds is 10. The molecule has 0 aromatic carbocycles. The third-order valence-corrected chi connectivity index (χ3v) is 5.23. The Kier molecular flexibility index (Phi) is 8.24. The van der Waals surface area contributed by atoms with Crippen LogP contribution in [-0.4, -0.2) is 5.54 Å². The first kappa shape index (κ1) is 23.2. The number of nitrogens with zero attached hydrogens (tertiary/aromatic N) is 1. The Balaban J connectivity index is 4.82. The molecule has 1 atom stereocenters. The van der Waals surface area contributed by atoms with E-state index in [0.29, 0.717) is 5.41 Å². The van der Waals surface area contributed by atoms with Gasteiger partial charge in [0.1, 0.15) is 0 Å². The second-order valence-electron chi connectivity index (χ2n) is 10.6. The Labute approximate surface area is 151 Å².